The van der Waals surface area contributed by atoms with Crippen molar-refractivity contribution < 1.29 is 30.3 Å². The minimum Gasteiger partial charge on any atom is -0.394 e. The first-order chi connectivity index (χ1) is 11.5. The zero-order valence-corrected chi connectivity index (χ0v) is 14.9. The van der Waals surface area contributed by atoms with Gasteiger partial charge in [-0.05, 0) is 6.42 Å². The fourth-order valence-electron chi connectivity index (χ4n) is 3.29. The van der Waals surface area contributed by atoms with Crippen LogP contribution in [0.25, 0.3) is 0 Å². The molecule has 1 aliphatic heterocycles. The van der Waals surface area contributed by atoms with Crippen LogP contribution in [0.5, 0.6) is 0 Å². The van der Waals surface area contributed by atoms with Crippen LogP contribution in [-0.2, 0) is 4.74 Å². The highest BCUT2D eigenvalue weighted by atomic mass is 16.7. The van der Waals surface area contributed by atoms with E-state index in [2.05, 4.69) is 6.92 Å². The summed E-state index contributed by atoms with van der Waals surface area (Å²) >= 11 is 0. The van der Waals surface area contributed by atoms with Crippen LogP contribution in [0.3, 0.4) is 0 Å². The maximum absolute atomic E-state index is 10.4. The number of aliphatic hydroxyl groups is 5. The maximum atomic E-state index is 10.4. The Morgan fingerprint density at radius 3 is 1.79 bits per heavy atom. The van der Waals surface area contributed by atoms with E-state index in [-0.39, 0.29) is 6.42 Å². The Hall–Kier alpha value is -0.240. The van der Waals surface area contributed by atoms with Crippen molar-refractivity contribution >= 4 is 0 Å². The van der Waals surface area contributed by atoms with Crippen molar-refractivity contribution in [3.05, 3.63) is 0 Å². The Labute approximate surface area is 145 Å². The van der Waals surface area contributed by atoms with E-state index in [1.54, 1.807) is 0 Å². The number of hydrogen-bond donors (Lipinski definition) is 5. The molecule has 0 spiro atoms. The van der Waals surface area contributed by atoms with E-state index in [9.17, 15) is 20.4 Å². The molecule has 1 aliphatic rings. The van der Waals surface area contributed by atoms with Crippen LogP contribution < -0.4 is 0 Å². The summed E-state index contributed by atoms with van der Waals surface area (Å²) in [6, 6.07) is 0. The smallest absolute Gasteiger partial charge is 0.195 e. The highest BCUT2D eigenvalue weighted by molar-refractivity contribution is 4.95. The SMILES string of the molecule is CCCCCCCCCCCCC1(O)O[C@H](CO)[C@@H](O)[C@H](O)[C@H]1O. The minimum absolute atomic E-state index is 0.172. The first-order valence-electron chi connectivity index (χ1n) is 9.51. The molecule has 0 radical (unpaired) electrons. The summed E-state index contributed by atoms with van der Waals surface area (Å²) in [6.45, 7) is 1.69. The number of hydrogen-bond acceptors (Lipinski definition) is 6. The molecule has 5 atom stereocenters. The number of aliphatic hydroxyl groups excluding tert-OH is 4. The van der Waals surface area contributed by atoms with Crippen molar-refractivity contribution in [2.75, 3.05) is 6.61 Å². The summed E-state index contributed by atoms with van der Waals surface area (Å²) in [7, 11) is 0. The molecule has 6 heteroatoms. The second-order valence-corrected chi connectivity index (χ2v) is 7.04. The van der Waals surface area contributed by atoms with E-state index in [0.29, 0.717) is 6.42 Å². The van der Waals surface area contributed by atoms with Gasteiger partial charge in [0.2, 0.25) is 0 Å². The molecule has 1 rings (SSSR count). The molecule has 0 aromatic carbocycles. The van der Waals surface area contributed by atoms with Gasteiger partial charge in [-0.1, -0.05) is 64.7 Å². The van der Waals surface area contributed by atoms with Crippen molar-refractivity contribution in [3.8, 4) is 0 Å². The monoisotopic (exact) mass is 348 g/mol. The molecule has 0 amide bonds. The van der Waals surface area contributed by atoms with Gasteiger partial charge in [0.05, 0.1) is 6.61 Å². The number of unbranched alkanes of at least 4 members (excludes halogenated alkanes) is 9. The highest BCUT2D eigenvalue weighted by Gasteiger charge is 2.51. The lowest BCUT2D eigenvalue weighted by atomic mass is 9.89. The first-order valence-corrected chi connectivity index (χ1v) is 9.51. The fraction of sp³-hybridized carbons (Fsp3) is 1.00. The molecule has 1 fully saturated rings. The first kappa shape index (κ1) is 21.8. The lowest BCUT2D eigenvalue weighted by molar-refractivity contribution is -0.351. The second kappa shape index (κ2) is 11.4. The van der Waals surface area contributed by atoms with E-state index < -0.39 is 36.8 Å². The minimum atomic E-state index is -1.91. The van der Waals surface area contributed by atoms with Crippen LogP contribution in [0, 0.1) is 0 Å². The third-order valence-corrected chi connectivity index (χ3v) is 4.94. The van der Waals surface area contributed by atoms with Crippen molar-refractivity contribution in [1.82, 2.24) is 0 Å². The van der Waals surface area contributed by atoms with Gasteiger partial charge in [-0.25, -0.2) is 0 Å². The quantitative estimate of drug-likeness (QED) is 0.342. The lowest BCUT2D eigenvalue weighted by Crippen LogP contribution is -2.65. The standard InChI is InChI=1S/C18H36O6/c1-2-3-4-5-6-7-8-9-10-11-12-18(23)17(22)16(21)15(20)14(13-19)24-18/h14-17,19-23H,2-13H2,1H3/t14-,15-,16+,17-,18?/m1/s1. The van der Waals surface area contributed by atoms with Crippen molar-refractivity contribution in [3.63, 3.8) is 0 Å². The Balaban J connectivity index is 2.19. The maximum Gasteiger partial charge on any atom is 0.195 e. The van der Waals surface area contributed by atoms with Crippen LogP contribution in [0.1, 0.15) is 77.6 Å². The van der Waals surface area contributed by atoms with Gasteiger partial charge in [0.25, 0.3) is 0 Å². The molecule has 0 saturated carbocycles. The average molecular weight is 348 g/mol. The van der Waals surface area contributed by atoms with Gasteiger partial charge in [0.15, 0.2) is 5.79 Å². The Morgan fingerprint density at radius 1 is 0.792 bits per heavy atom. The fourth-order valence-corrected chi connectivity index (χ4v) is 3.29. The third kappa shape index (κ3) is 6.58. The van der Waals surface area contributed by atoms with Gasteiger partial charge in [0.1, 0.15) is 24.4 Å². The molecular weight excluding hydrogens is 312 g/mol. The van der Waals surface area contributed by atoms with Gasteiger partial charge < -0.3 is 30.3 Å². The summed E-state index contributed by atoms with van der Waals surface area (Å²) in [5, 5.41) is 49.0. The third-order valence-electron chi connectivity index (χ3n) is 4.94. The molecule has 1 saturated heterocycles. The molecular formula is C18H36O6. The van der Waals surface area contributed by atoms with E-state index >= 15 is 0 Å². The Morgan fingerprint density at radius 2 is 1.29 bits per heavy atom. The van der Waals surface area contributed by atoms with Gasteiger partial charge in [-0.3, -0.25) is 0 Å². The normalized spacial score (nSPS) is 33.8. The summed E-state index contributed by atoms with van der Waals surface area (Å²) in [6.07, 6.45) is 6.07. The summed E-state index contributed by atoms with van der Waals surface area (Å²) in [5.74, 6) is -1.91. The number of ether oxygens (including phenoxy) is 1. The van der Waals surface area contributed by atoms with Gasteiger partial charge in [0, 0.05) is 6.42 Å². The van der Waals surface area contributed by atoms with Crippen LogP contribution in [-0.4, -0.2) is 62.3 Å². The van der Waals surface area contributed by atoms with Crippen LogP contribution in [0.15, 0.2) is 0 Å². The van der Waals surface area contributed by atoms with E-state index in [4.69, 9.17) is 9.84 Å². The van der Waals surface area contributed by atoms with Gasteiger partial charge >= 0.3 is 0 Å². The van der Waals surface area contributed by atoms with Crippen molar-refractivity contribution in [2.45, 2.75) is 108 Å². The zero-order valence-electron chi connectivity index (χ0n) is 14.9. The van der Waals surface area contributed by atoms with E-state index in [1.165, 1.54) is 38.5 Å². The van der Waals surface area contributed by atoms with Gasteiger partial charge in [-0.2, -0.15) is 0 Å². The predicted molar refractivity (Wildman–Crippen MR) is 91.4 cm³/mol. The Bertz CT molecular complexity index is 325. The largest absolute Gasteiger partial charge is 0.394 e. The van der Waals surface area contributed by atoms with Crippen LogP contribution in [0.2, 0.25) is 0 Å². The summed E-state index contributed by atoms with van der Waals surface area (Å²) < 4.78 is 5.25. The molecule has 0 aliphatic carbocycles. The molecule has 24 heavy (non-hydrogen) atoms. The molecule has 6 nitrogen and oxygen atoms in total. The highest BCUT2D eigenvalue weighted by Crippen LogP contribution is 2.32. The summed E-state index contributed by atoms with van der Waals surface area (Å²) in [4.78, 5) is 0. The molecule has 0 aromatic rings. The average Bonchev–Trinajstić information content (AvgIpc) is 2.58. The van der Waals surface area contributed by atoms with E-state index in [1.807, 2.05) is 0 Å². The molecule has 1 heterocycles. The topological polar surface area (TPSA) is 110 Å². The molecule has 1 unspecified atom stereocenters. The van der Waals surface area contributed by atoms with Crippen LogP contribution in [0.4, 0.5) is 0 Å². The van der Waals surface area contributed by atoms with Crippen molar-refractivity contribution in [1.29, 1.82) is 0 Å². The Kier molecular flexibility index (Phi) is 10.3. The predicted octanol–water partition coefficient (Wildman–Crippen LogP) is 1.46. The molecule has 144 valence electrons. The summed E-state index contributed by atoms with van der Waals surface area (Å²) in [5.41, 5.74) is 0. The zero-order chi connectivity index (χ0) is 18.0. The molecule has 0 aromatic heterocycles. The van der Waals surface area contributed by atoms with Gasteiger partial charge in [-0.15, -0.1) is 0 Å². The van der Waals surface area contributed by atoms with Crippen molar-refractivity contribution in [2.24, 2.45) is 0 Å². The number of rotatable bonds is 12. The van der Waals surface area contributed by atoms with E-state index in [0.717, 1.165) is 19.3 Å². The second-order valence-electron chi connectivity index (χ2n) is 7.04. The molecule has 0 bridgehead atoms. The molecule has 5 N–H and O–H groups in total. The lowest BCUT2D eigenvalue weighted by Gasteiger charge is -2.45. The van der Waals surface area contributed by atoms with Crippen LogP contribution >= 0.6 is 0 Å².